The van der Waals surface area contributed by atoms with Gasteiger partial charge in [-0.05, 0) is 37.3 Å². The molecule has 5 heteroatoms. The maximum Gasteiger partial charge on any atom is 0.173 e. The first kappa shape index (κ1) is 12.9. The fraction of sp³-hybridized carbons (Fsp3) is 0.0714. The largest absolute Gasteiger partial charge is 0.457 e. The molecule has 0 saturated heterocycles. The summed E-state index contributed by atoms with van der Waals surface area (Å²) in [5.41, 5.74) is 6.79. The van der Waals surface area contributed by atoms with Crippen LogP contribution in [0.15, 0.2) is 47.6 Å². The summed E-state index contributed by atoms with van der Waals surface area (Å²) >= 11 is 0. The lowest BCUT2D eigenvalue weighted by molar-refractivity contribution is 0.318. The molecule has 0 saturated carbocycles. The van der Waals surface area contributed by atoms with Crippen LogP contribution in [0.25, 0.3) is 0 Å². The summed E-state index contributed by atoms with van der Waals surface area (Å²) in [6.45, 7) is 1.96. The number of oxime groups is 1. The van der Waals surface area contributed by atoms with Crippen LogP contribution in [0.4, 0.5) is 4.39 Å². The molecular weight excluding hydrogens is 247 g/mol. The average Bonchev–Trinajstić information content (AvgIpc) is 2.42. The number of amidine groups is 1. The van der Waals surface area contributed by atoms with E-state index in [1.165, 1.54) is 12.1 Å². The van der Waals surface area contributed by atoms with Crippen molar-refractivity contribution in [2.45, 2.75) is 6.92 Å². The van der Waals surface area contributed by atoms with Gasteiger partial charge in [0.1, 0.15) is 17.3 Å². The van der Waals surface area contributed by atoms with Crippen LogP contribution < -0.4 is 10.5 Å². The molecule has 19 heavy (non-hydrogen) atoms. The van der Waals surface area contributed by atoms with Crippen LogP contribution in [0.1, 0.15) is 11.1 Å². The molecule has 0 radical (unpaired) electrons. The number of nitrogens with zero attached hydrogens (tertiary/aromatic N) is 1. The summed E-state index contributed by atoms with van der Waals surface area (Å²) in [6.07, 6.45) is 0. The Morgan fingerprint density at radius 1 is 1.21 bits per heavy atom. The van der Waals surface area contributed by atoms with Crippen LogP contribution in [0.2, 0.25) is 0 Å². The van der Waals surface area contributed by atoms with E-state index in [9.17, 15) is 4.39 Å². The highest BCUT2D eigenvalue weighted by atomic mass is 19.1. The number of hydrogen-bond donors (Lipinski definition) is 2. The second-order valence-electron chi connectivity index (χ2n) is 4.04. The second kappa shape index (κ2) is 5.39. The molecular formula is C14H13FN2O2. The lowest BCUT2D eigenvalue weighted by Crippen LogP contribution is -2.14. The third-order valence-electron chi connectivity index (χ3n) is 2.57. The Morgan fingerprint density at radius 2 is 1.89 bits per heavy atom. The molecule has 0 aliphatic heterocycles. The normalized spacial score (nSPS) is 11.4. The second-order valence-corrected chi connectivity index (χ2v) is 4.04. The Labute approximate surface area is 109 Å². The third kappa shape index (κ3) is 3.01. The predicted molar refractivity (Wildman–Crippen MR) is 70.2 cm³/mol. The zero-order valence-corrected chi connectivity index (χ0v) is 10.3. The quantitative estimate of drug-likeness (QED) is 0.386. The molecule has 2 aromatic rings. The molecule has 0 fully saturated rings. The van der Waals surface area contributed by atoms with Crippen molar-refractivity contribution in [1.82, 2.24) is 0 Å². The minimum atomic E-state index is -0.488. The summed E-state index contributed by atoms with van der Waals surface area (Å²) in [6, 6.07) is 11.2. The maximum absolute atomic E-state index is 13.2. The van der Waals surface area contributed by atoms with Crippen LogP contribution in [0, 0.1) is 12.7 Å². The molecule has 0 bridgehead atoms. The highest BCUT2D eigenvalue weighted by Gasteiger charge is 2.10. The van der Waals surface area contributed by atoms with Crippen LogP contribution in [0.5, 0.6) is 11.5 Å². The zero-order chi connectivity index (χ0) is 13.8. The maximum atomic E-state index is 13.2. The first-order valence-corrected chi connectivity index (χ1v) is 5.62. The smallest absolute Gasteiger partial charge is 0.173 e. The van der Waals surface area contributed by atoms with Gasteiger partial charge in [0.2, 0.25) is 0 Å². The minimum absolute atomic E-state index is 0.197. The van der Waals surface area contributed by atoms with E-state index < -0.39 is 5.82 Å². The van der Waals surface area contributed by atoms with Gasteiger partial charge in [0.15, 0.2) is 5.84 Å². The number of hydrogen-bond acceptors (Lipinski definition) is 3. The standard InChI is InChI=1S/C14H13FN2O2/c1-9-2-5-11(6-3-9)19-13-7-4-10(15)8-12(13)14(16)17-18/h2-8,18H,1H3,(H2,16,17). The lowest BCUT2D eigenvalue weighted by Gasteiger charge is -2.10. The van der Waals surface area contributed by atoms with E-state index in [0.717, 1.165) is 11.6 Å². The monoisotopic (exact) mass is 260 g/mol. The Hall–Kier alpha value is -2.56. The first-order valence-electron chi connectivity index (χ1n) is 5.62. The number of nitrogens with two attached hydrogens (primary N) is 1. The third-order valence-corrected chi connectivity index (χ3v) is 2.57. The van der Waals surface area contributed by atoms with Crippen molar-refractivity contribution >= 4 is 5.84 Å². The van der Waals surface area contributed by atoms with Gasteiger partial charge < -0.3 is 15.7 Å². The molecule has 0 amide bonds. The molecule has 0 aromatic heterocycles. The fourth-order valence-corrected chi connectivity index (χ4v) is 1.58. The van der Waals surface area contributed by atoms with Gasteiger partial charge in [-0.15, -0.1) is 0 Å². The Bertz CT molecular complexity index is 609. The van der Waals surface area contributed by atoms with E-state index in [-0.39, 0.29) is 11.4 Å². The topological polar surface area (TPSA) is 67.8 Å². The van der Waals surface area contributed by atoms with Crippen molar-refractivity contribution in [2.75, 3.05) is 0 Å². The van der Waals surface area contributed by atoms with Gasteiger partial charge in [-0.2, -0.15) is 0 Å². The van der Waals surface area contributed by atoms with Crippen LogP contribution >= 0.6 is 0 Å². The van der Waals surface area contributed by atoms with E-state index in [1.54, 1.807) is 12.1 Å². The molecule has 0 aliphatic carbocycles. The zero-order valence-electron chi connectivity index (χ0n) is 10.3. The Kier molecular flexibility index (Phi) is 3.66. The minimum Gasteiger partial charge on any atom is -0.457 e. The summed E-state index contributed by atoms with van der Waals surface area (Å²) in [5, 5.41) is 11.6. The summed E-state index contributed by atoms with van der Waals surface area (Å²) in [7, 11) is 0. The number of benzene rings is 2. The van der Waals surface area contributed by atoms with Gasteiger partial charge in [0.05, 0.1) is 5.56 Å². The molecule has 98 valence electrons. The molecule has 2 aromatic carbocycles. The van der Waals surface area contributed by atoms with E-state index >= 15 is 0 Å². The molecule has 0 heterocycles. The van der Waals surface area contributed by atoms with E-state index in [2.05, 4.69) is 5.16 Å². The van der Waals surface area contributed by atoms with Crippen LogP contribution in [-0.2, 0) is 0 Å². The first-order chi connectivity index (χ1) is 9.10. The van der Waals surface area contributed by atoms with Gasteiger partial charge in [-0.1, -0.05) is 22.9 Å². The molecule has 3 N–H and O–H groups in total. The van der Waals surface area contributed by atoms with Gasteiger partial charge >= 0.3 is 0 Å². The van der Waals surface area contributed by atoms with Gasteiger partial charge in [0.25, 0.3) is 0 Å². The van der Waals surface area contributed by atoms with Crippen LogP contribution in [0.3, 0.4) is 0 Å². The lowest BCUT2D eigenvalue weighted by atomic mass is 10.1. The van der Waals surface area contributed by atoms with Gasteiger partial charge in [0, 0.05) is 0 Å². The van der Waals surface area contributed by atoms with E-state index in [1.807, 2.05) is 19.1 Å². The van der Waals surface area contributed by atoms with E-state index in [4.69, 9.17) is 15.7 Å². The summed E-state index contributed by atoms with van der Waals surface area (Å²) in [4.78, 5) is 0. The number of ether oxygens (including phenoxy) is 1. The van der Waals surface area contributed by atoms with E-state index in [0.29, 0.717) is 11.5 Å². The van der Waals surface area contributed by atoms with Gasteiger partial charge in [-0.3, -0.25) is 0 Å². The average molecular weight is 260 g/mol. The molecule has 4 nitrogen and oxygen atoms in total. The van der Waals surface area contributed by atoms with Crippen molar-refractivity contribution in [3.8, 4) is 11.5 Å². The number of rotatable bonds is 3. The predicted octanol–water partition coefficient (Wildman–Crippen LogP) is 3.02. The number of aryl methyl sites for hydroxylation is 1. The molecule has 0 unspecified atom stereocenters. The molecule has 0 aliphatic rings. The van der Waals surface area contributed by atoms with Crippen molar-refractivity contribution in [3.63, 3.8) is 0 Å². The SMILES string of the molecule is Cc1ccc(Oc2ccc(F)cc2C(N)=NO)cc1. The van der Waals surface area contributed by atoms with Crippen molar-refractivity contribution in [2.24, 2.45) is 10.9 Å². The summed E-state index contributed by atoms with van der Waals surface area (Å²) in [5.74, 6) is 0.212. The molecule has 0 atom stereocenters. The summed E-state index contributed by atoms with van der Waals surface area (Å²) < 4.78 is 18.8. The van der Waals surface area contributed by atoms with Crippen molar-refractivity contribution < 1.29 is 14.3 Å². The Morgan fingerprint density at radius 3 is 2.53 bits per heavy atom. The Balaban J connectivity index is 2.37. The molecule has 2 rings (SSSR count). The van der Waals surface area contributed by atoms with Crippen LogP contribution in [-0.4, -0.2) is 11.0 Å². The highest BCUT2D eigenvalue weighted by Crippen LogP contribution is 2.26. The van der Waals surface area contributed by atoms with Crippen molar-refractivity contribution in [1.29, 1.82) is 0 Å². The highest BCUT2D eigenvalue weighted by molar-refractivity contribution is 5.99. The van der Waals surface area contributed by atoms with Gasteiger partial charge in [-0.25, -0.2) is 4.39 Å². The fourth-order valence-electron chi connectivity index (χ4n) is 1.58. The van der Waals surface area contributed by atoms with Crippen molar-refractivity contribution in [3.05, 3.63) is 59.4 Å². The number of halogens is 1. The molecule has 0 spiro atoms.